The summed E-state index contributed by atoms with van der Waals surface area (Å²) in [6.07, 6.45) is 0.332. The van der Waals surface area contributed by atoms with Gasteiger partial charge in [-0.2, -0.15) is 0 Å². The normalized spacial score (nSPS) is 12.8. The van der Waals surface area contributed by atoms with E-state index in [1.165, 1.54) is 11.3 Å². The van der Waals surface area contributed by atoms with Gasteiger partial charge < -0.3 is 10.8 Å². The van der Waals surface area contributed by atoms with E-state index in [0.717, 1.165) is 5.56 Å². The van der Waals surface area contributed by atoms with Gasteiger partial charge in [0.25, 0.3) is 0 Å². The van der Waals surface area contributed by atoms with Gasteiger partial charge in [0.15, 0.2) is 0 Å². The molecule has 0 spiro atoms. The highest BCUT2D eigenvalue weighted by molar-refractivity contribution is 7.14. The highest BCUT2D eigenvalue weighted by Crippen LogP contribution is 2.20. The van der Waals surface area contributed by atoms with Crippen LogP contribution in [0.2, 0.25) is 4.34 Å². The zero-order valence-corrected chi connectivity index (χ0v) is 7.73. The zero-order chi connectivity index (χ0) is 9.14. The Morgan fingerprint density at radius 3 is 2.92 bits per heavy atom. The van der Waals surface area contributed by atoms with E-state index in [0.29, 0.717) is 10.8 Å². The van der Waals surface area contributed by atoms with Crippen molar-refractivity contribution in [2.75, 3.05) is 0 Å². The summed E-state index contributed by atoms with van der Waals surface area (Å²) in [6, 6.07) is 0.894. The van der Waals surface area contributed by atoms with Crippen LogP contribution in [0.25, 0.3) is 0 Å². The summed E-state index contributed by atoms with van der Waals surface area (Å²) in [6.45, 7) is 0. The molecule has 0 aliphatic heterocycles. The van der Waals surface area contributed by atoms with Gasteiger partial charge in [0.2, 0.25) is 0 Å². The molecule has 3 nitrogen and oxygen atoms in total. The fourth-order valence-corrected chi connectivity index (χ4v) is 1.72. The zero-order valence-electron chi connectivity index (χ0n) is 6.16. The number of carbonyl (C=O) groups is 1. The number of hydrogen-bond donors (Lipinski definition) is 2. The largest absolute Gasteiger partial charge is 0.480 e. The smallest absolute Gasteiger partial charge is 0.320 e. The molecule has 0 saturated carbocycles. The Kier molecular flexibility index (Phi) is 3.08. The lowest BCUT2D eigenvalue weighted by Crippen LogP contribution is -2.32. The standard InChI is InChI=1S/C7H8ClNO2S/c8-6-2-4(3-12-6)1-5(9)7(10)11/h2-3,5H,1,9H2,(H,10,11)/t5-/m0/s1. The number of thiophene rings is 1. The molecule has 0 bridgehead atoms. The third-order valence-corrected chi connectivity index (χ3v) is 2.53. The molecule has 0 unspecified atom stereocenters. The van der Waals surface area contributed by atoms with Crippen LogP contribution in [0, 0.1) is 0 Å². The minimum absolute atomic E-state index is 0.332. The number of carboxylic acid groups (broad SMARTS) is 1. The van der Waals surface area contributed by atoms with Gasteiger partial charge in [-0.15, -0.1) is 11.3 Å². The van der Waals surface area contributed by atoms with Gasteiger partial charge in [-0.1, -0.05) is 11.6 Å². The molecule has 12 heavy (non-hydrogen) atoms. The van der Waals surface area contributed by atoms with E-state index in [9.17, 15) is 4.79 Å². The Morgan fingerprint density at radius 2 is 2.50 bits per heavy atom. The minimum atomic E-state index is -0.989. The second-order valence-corrected chi connectivity index (χ2v) is 3.95. The summed E-state index contributed by atoms with van der Waals surface area (Å²) in [4.78, 5) is 10.4. The first-order chi connectivity index (χ1) is 5.59. The average Bonchev–Trinajstić information content (AvgIpc) is 2.35. The first-order valence-corrected chi connectivity index (χ1v) is 4.56. The van der Waals surface area contributed by atoms with Crippen LogP contribution in [0.3, 0.4) is 0 Å². The molecule has 0 amide bonds. The monoisotopic (exact) mass is 205 g/mol. The maximum atomic E-state index is 10.4. The highest BCUT2D eigenvalue weighted by Gasteiger charge is 2.12. The Balaban J connectivity index is 2.58. The number of carboxylic acids is 1. The summed E-state index contributed by atoms with van der Waals surface area (Å²) in [5, 5.41) is 10.3. The van der Waals surface area contributed by atoms with Crippen molar-refractivity contribution in [1.82, 2.24) is 0 Å². The molecule has 66 valence electrons. The van der Waals surface area contributed by atoms with E-state index in [1.54, 1.807) is 6.07 Å². The third-order valence-electron chi connectivity index (χ3n) is 1.39. The molecule has 5 heteroatoms. The van der Waals surface area contributed by atoms with Crippen LogP contribution in [0.15, 0.2) is 11.4 Å². The van der Waals surface area contributed by atoms with Crippen LogP contribution in [-0.2, 0) is 11.2 Å². The second-order valence-electron chi connectivity index (χ2n) is 2.41. The fourth-order valence-electron chi connectivity index (χ4n) is 0.794. The molecule has 0 radical (unpaired) electrons. The lowest BCUT2D eigenvalue weighted by atomic mass is 10.1. The van der Waals surface area contributed by atoms with Crippen molar-refractivity contribution in [3.63, 3.8) is 0 Å². The number of hydrogen-bond acceptors (Lipinski definition) is 3. The number of aliphatic carboxylic acids is 1. The van der Waals surface area contributed by atoms with Crippen LogP contribution in [0.1, 0.15) is 5.56 Å². The third kappa shape index (κ3) is 2.48. The molecular weight excluding hydrogens is 198 g/mol. The van der Waals surface area contributed by atoms with Crippen LogP contribution < -0.4 is 5.73 Å². The maximum Gasteiger partial charge on any atom is 0.320 e. The number of nitrogens with two attached hydrogens (primary N) is 1. The van der Waals surface area contributed by atoms with Gasteiger partial charge >= 0.3 is 5.97 Å². The van der Waals surface area contributed by atoms with E-state index < -0.39 is 12.0 Å². The van der Waals surface area contributed by atoms with Gasteiger partial charge in [-0.05, 0) is 23.4 Å². The predicted molar refractivity (Wildman–Crippen MR) is 48.6 cm³/mol. The maximum absolute atomic E-state index is 10.4. The van der Waals surface area contributed by atoms with Gasteiger partial charge in [0.1, 0.15) is 6.04 Å². The molecule has 0 aliphatic carbocycles. The summed E-state index contributed by atoms with van der Waals surface area (Å²) in [5.74, 6) is -0.989. The van der Waals surface area contributed by atoms with E-state index in [-0.39, 0.29) is 0 Å². The Morgan fingerprint density at radius 1 is 1.83 bits per heavy atom. The first-order valence-electron chi connectivity index (χ1n) is 3.31. The molecule has 0 aliphatic rings. The molecule has 0 fully saturated rings. The van der Waals surface area contributed by atoms with Gasteiger partial charge in [0, 0.05) is 0 Å². The SMILES string of the molecule is N[C@@H](Cc1csc(Cl)c1)C(=O)O. The summed E-state index contributed by atoms with van der Waals surface area (Å²) in [5.41, 5.74) is 6.19. The van der Waals surface area contributed by atoms with E-state index in [1.807, 2.05) is 5.38 Å². The van der Waals surface area contributed by atoms with Crippen molar-refractivity contribution in [3.05, 3.63) is 21.3 Å². The molecule has 0 saturated heterocycles. The van der Waals surface area contributed by atoms with Crippen molar-refractivity contribution in [2.24, 2.45) is 5.73 Å². The Bertz CT molecular complexity index is 287. The quantitative estimate of drug-likeness (QED) is 0.783. The molecule has 0 aromatic carbocycles. The van der Waals surface area contributed by atoms with Crippen LogP contribution in [-0.4, -0.2) is 17.1 Å². The number of rotatable bonds is 3. The minimum Gasteiger partial charge on any atom is -0.480 e. The van der Waals surface area contributed by atoms with Crippen molar-refractivity contribution in [3.8, 4) is 0 Å². The topological polar surface area (TPSA) is 63.3 Å². The predicted octanol–water partition coefficient (Wildman–Crippen LogP) is 1.36. The second kappa shape index (κ2) is 3.89. The van der Waals surface area contributed by atoms with Gasteiger partial charge in [-0.3, -0.25) is 4.79 Å². The Labute approximate surface area is 78.8 Å². The molecule has 1 aromatic heterocycles. The van der Waals surface area contributed by atoms with Gasteiger partial charge in [-0.25, -0.2) is 0 Å². The van der Waals surface area contributed by atoms with Crippen molar-refractivity contribution in [1.29, 1.82) is 0 Å². The molecule has 1 rings (SSSR count). The van der Waals surface area contributed by atoms with Gasteiger partial charge in [0.05, 0.1) is 4.34 Å². The molecule has 3 N–H and O–H groups in total. The summed E-state index contributed by atoms with van der Waals surface area (Å²) >= 11 is 7.03. The van der Waals surface area contributed by atoms with Crippen molar-refractivity contribution < 1.29 is 9.90 Å². The van der Waals surface area contributed by atoms with E-state index in [4.69, 9.17) is 22.4 Å². The Hall–Kier alpha value is -0.580. The van der Waals surface area contributed by atoms with E-state index in [2.05, 4.69) is 0 Å². The van der Waals surface area contributed by atoms with Crippen LogP contribution in [0.5, 0.6) is 0 Å². The lowest BCUT2D eigenvalue weighted by Gasteiger charge is -2.02. The number of halogens is 1. The lowest BCUT2D eigenvalue weighted by molar-refractivity contribution is -0.138. The van der Waals surface area contributed by atoms with Crippen LogP contribution >= 0.6 is 22.9 Å². The average molecular weight is 206 g/mol. The van der Waals surface area contributed by atoms with Crippen molar-refractivity contribution >= 4 is 28.9 Å². The fraction of sp³-hybridized carbons (Fsp3) is 0.286. The van der Waals surface area contributed by atoms with Crippen LogP contribution in [0.4, 0.5) is 0 Å². The first kappa shape index (κ1) is 9.51. The molecular formula is C7H8ClNO2S. The summed E-state index contributed by atoms with van der Waals surface area (Å²) in [7, 11) is 0. The summed E-state index contributed by atoms with van der Waals surface area (Å²) < 4.78 is 0.655. The van der Waals surface area contributed by atoms with Crippen molar-refractivity contribution in [2.45, 2.75) is 12.5 Å². The molecule has 1 atom stereocenters. The molecule has 1 heterocycles. The van der Waals surface area contributed by atoms with E-state index >= 15 is 0 Å². The molecule has 1 aromatic rings. The highest BCUT2D eigenvalue weighted by atomic mass is 35.5.